The van der Waals surface area contributed by atoms with Crippen LogP contribution in [0, 0.1) is 10.1 Å². The summed E-state index contributed by atoms with van der Waals surface area (Å²) in [6, 6.07) is 14.9. The van der Waals surface area contributed by atoms with Crippen molar-refractivity contribution in [3.05, 3.63) is 75.8 Å². The van der Waals surface area contributed by atoms with E-state index in [1.165, 1.54) is 17.1 Å². The number of aliphatic carboxylic acids is 1. The van der Waals surface area contributed by atoms with E-state index in [2.05, 4.69) is 5.10 Å². The van der Waals surface area contributed by atoms with E-state index in [0.717, 1.165) is 5.56 Å². The molecule has 2 aromatic carbocycles. The summed E-state index contributed by atoms with van der Waals surface area (Å²) in [6.45, 7) is 0. The molecule has 1 aliphatic heterocycles. The lowest BCUT2D eigenvalue weighted by molar-refractivity contribution is -0.385. The number of hydrazone groups is 1. The Morgan fingerprint density at radius 1 is 1.15 bits per heavy atom. The molecule has 1 heterocycles. The van der Waals surface area contributed by atoms with Crippen LogP contribution in [-0.4, -0.2) is 32.6 Å². The number of non-ortho nitro benzene ring substituents is 1. The predicted molar refractivity (Wildman–Crippen MR) is 97.1 cm³/mol. The average molecular weight is 367 g/mol. The fourth-order valence-electron chi connectivity index (χ4n) is 2.98. The standard InChI is InChI=1S/C19H17N3O5/c23-18(9-10-19(24)25)21-17(14-7-4-8-15(11-14)22(26)27)12-16(20-21)13-5-2-1-3-6-13/h1-8,11,17H,9-10,12H2,(H,24,25). The van der Waals surface area contributed by atoms with Gasteiger partial charge in [-0.2, -0.15) is 5.10 Å². The Morgan fingerprint density at radius 3 is 2.56 bits per heavy atom. The highest BCUT2D eigenvalue weighted by Gasteiger charge is 2.33. The Hall–Kier alpha value is -3.55. The second kappa shape index (κ2) is 7.77. The second-order valence-electron chi connectivity index (χ2n) is 6.12. The molecule has 1 aliphatic rings. The molecule has 0 saturated heterocycles. The van der Waals surface area contributed by atoms with Crippen LogP contribution < -0.4 is 0 Å². The average Bonchev–Trinajstić information content (AvgIpc) is 3.12. The van der Waals surface area contributed by atoms with Crippen LogP contribution in [0.15, 0.2) is 59.7 Å². The van der Waals surface area contributed by atoms with Crippen molar-refractivity contribution in [2.24, 2.45) is 5.10 Å². The summed E-state index contributed by atoms with van der Waals surface area (Å²) < 4.78 is 0. The van der Waals surface area contributed by atoms with Crippen molar-refractivity contribution in [1.82, 2.24) is 5.01 Å². The lowest BCUT2D eigenvalue weighted by Gasteiger charge is -2.21. The molecule has 0 spiro atoms. The first kappa shape index (κ1) is 18.2. The molecular formula is C19H17N3O5. The Kier molecular flexibility index (Phi) is 5.25. The minimum Gasteiger partial charge on any atom is -0.481 e. The minimum absolute atomic E-state index is 0.0707. The topological polar surface area (TPSA) is 113 Å². The molecule has 8 nitrogen and oxygen atoms in total. The number of nitrogens with zero attached hydrogens (tertiary/aromatic N) is 3. The van der Waals surface area contributed by atoms with Gasteiger partial charge in [-0.25, -0.2) is 5.01 Å². The van der Waals surface area contributed by atoms with Crippen LogP contribution >= 0.6 is 0 Å². The zero-order valence-corrected chi connectivity index (χ0v) is 14.3. The van der Waals surface area contributed by atoms with Gasteiger partial charge in [0, 0.05) is 25.0 Å². The number of hydrogen-bond donors (Lipinski definition) is 1. The third-order valence-corrected chi connectivity index (χ3v) is 4.29. The molecule has 2 aromatic rings. The van der Waals surface area contributed by atoms with E-state index < -0.39 is 22.8 Å². The number of carbonyl (C=O) groups excluding carboxylic acids is 1. The van der Waals surface area contributed by atoms with Gasteiger partial charge in [-0.1, -0.05) is 42.5 Å². The normalized spacial score (nSPS) is 16.1. The van der Waals surface area contributed by atoms with Gasteiger partial charge in [0.05, 0.1) is 23.1 Å². The van der Waals surface area contributed by atoms with Gasteiger partial charge >= 0.3 is 5.97 Å². The molecule has 0 bridgehead atoms. The molecule has 0 fully saturated rings. The summed E-state index contributed by atoms with van der Waals surface area (Å²) >= 11 is 0. The quantitative estimate of drug-likeness (QED) is 0.622. The first-order valence-electron chi connectivity index (χ1n) is 8.37. The van der Waals surface area contributed by atoms with Crippen LogP contribution in [0.3, 0.4) is 0 Å². The molecule has 3 rings (SSSR count). The van der Waals surface area contributed by atoms with Crippen LogP contribution in [0.25, 0.3) is 0 Å². The molecule has 0 radical (unpaired) electrons. The van der Waals surface area contributed by atoms with Crippen LogP contribution in [-0.2, 0) is 9.59 Å². The van der Waals surface area contributed by atoms with Gasteiger partial charge in [-0.3, -0.25) is 19.7 Å². The third kappa shape index (κ3) is 4.17. The molecule has 1 unspecified atom stereocenters. The first-order chi connectivity index (χ1) is 13.0. The van der Waals surface area contributed by atoms with E-state index >= 15 is 0 Å². The maximum atomic E-state index is 12.6. The summed E-state index contributed by atoms with van der Waals surface area (Å²) in [5, 5.41) is 25.6. The van der Waals surface area contributed by atoms with Crippen molar-refractivity contribution in [2.75, 3.05) is 0 Å². The van der Waals surface area contributed by atoms with Crippen LogP contribution in [0.5, 0.6) is 0 Å². The number of carboxylic acid groups (broad SMARTS) is 1. The van der Waals surface area contributed by atoms with E-state index in [0.29, 0.717) is 17.7 Å². The van der Waals surface area contributed by atoms with Gasteiger partial charge < -0.3 is 5.11 Å². The number of benzene rings is 2. The lowest BCUT2D eigenvalue weighted by atomic mass is 9.98. The van der Waals surface area contributed by atoms with Crippen molar-refractivity contribution in [3.63, 3.8) is 0 Å². The van der Waals surface area contributed by atoms with Crippen molar-refractivity contribution >= 4 is 23.3 Å². The van der Waals surface area contributed by atoms with Crippen LogP contribution in [0.1, 0.15) is 36.4 Å². The molecule has 8 heteroatoms. The number of carbonyl (C=O) groups is 2. The maximum Gasteiger partial charge on any atom is 0.303 e. The van der Waals surface area contributed by atoms with Gasteiger partial charge in [0.15, 0.2) is 0 Å². The summed E-state index contributed by atoms with van der Waals surface area (Å²) in [6.07, 6.45) is -0.0937. The van der Waals surface area contributed by atoms with Crippen LogP contribution in [0.2, 0.25) is 0 Å². The molecule has 1 N–H and O–H groups in total. The van der Waals surface area contributed by atoms with E-state index in [4.69, 9.17) is 5.11 Å². The number of rotatable bonds is 6. The van der Waals surface area contributed by atoms with Crippen molar-refractivity contribution in [1.29, 1.82) is 0 Å². The van der Waals surface area contributed by atoms with Crippen molar-refractivity contribution in [2.45, 2.75) is 25.3 Å². The van der Waals surface area contributed by atoms with E-state index in [-0.39, 0.29) is 18.5 Å². The van der Waals surface area contributed by atoms with E-state index in [1.54, 1.807) is 12.1 Å². The van der Waals surface area contributed by atoms with E-state index in [9.17, 15) is 19.7 Å². The molecular weight excluding hydrogens is 350 g/mol. The maximum absolute atomic E-state index is 12.6. The molecule has 138 valence electrons. The first-order valence-corrected chi connectivity index (χ1v) is 8.37. The van der Waals surface area contributed by atoms with Crippen molar-refractivity contribution < 1.29 is 19.6 Å². The van der Waals surface area contributed by atoms with Crippen LogP contribution in [0.4, 0.5) is 5.69 Å². The summed E-state index contributed by atoms with van der Waals surface area (Å²) in [5.74, 6) is -1.50. The molecule has 27 heavy (non-hydrogen) atoms. The summed E-state index contributed by atoms with van der Waals surface area (Å²) in [4.78, 5) is 33.9. The van der Waals surface area contributed by atoms with Gasteiger partial charge in [0.2, 0.25) is 5.91 Å². The zero-order valence-electron chi connectivity index (χ0n) is 14.3. The Labute approximate surface area is 154 Å². The van der Waals surface area contributed by atoms with Gasteiger partial charge in [0.25, 0.3) is 5.69 Å². The zero-order chi connectivity index (χ0) is 19.4. The number of amides is 1. The van der Waals surface area contributed by atoms with Gasteiger partial charge in [-0.05, 0) is 11.1 Å². The van der Waals surface area contributed by atoms with E-state index in [1.807, 2.05) is 30.3 Å². The van der Waals surface area contributed by atoms with Gasteiger partial charge in [-0.15, -0.1) is 0 Å². The molecule has 0 saturated carbocycles. The number of nitro groups is 1. The number of carboxylic acids is 1. The van der Waals surface area contributed by atoms with Gasteiger partial charge in [0.1, 0.15) is 0 Å². The Morgan fingerprint density at radius 2 is 1.89 bits per heavy atom. The summed E-state index contributed by atoms with van der Waals surface area (Å²) in [5.41, 5.74) is 2.04. The smallest absolute Gasteiger partial charge is 0.303 e. The van der Waals surface area contributed by atoms with Crippen molar-refractivity contribution in [3.8, 4) is 0 Å². The summed E-state index contributed by atoms with van der Waals surface area (Å²) in [7, 11) is 0. The number of nitro benzene ring substituents is 1. The Balaban J connectivity index is 1.93. The fraction of sp³-hybridized carbons (Fsp3) is 0.211. The monoisotopic (exact) mass is 367 g/mol. The molecule has 1 amide bonds. The third-order valence-electron chi connectivity index (χ3n) is 4.29. The predicted octanol–water partition coefficient (Wildman–Crippen LogP) is 3.14. The molecule has 1 atom stereocenters. The largest absolute Gasteiger partial charge is 0.481 e. The SMILES string of the molecule is O=C(O)CCC(=O)N1N=C(c2ccccc2)CC1c1cccc([N+](=O)[O-])c1. The second-order valence-corrected chi connectivity index (χ2v) is 6.12. The minimum atomic E-state index is -1.07. The number of hydrogen-bond acceptors (Lipinski definition) is 5. The highest BCUT2D eigenvalue weighted by Crippen LogP contribution is 2.34. The molecule has 0 aliphatic carbocycles. The molecule has 0 aromatic heterocycles. The highest BCUT2D eigenvalue weighted by atomic mass is 16.6. The lowest BCUT2D eigenvalue weighted by Crippen LogP contribution is -2.27. The Bertz CT molecular complexity index is 911. The fourth-order valence-corrected chi connectivity index (χ4v) is 2.98. The highest BCUT2D eigenvalue weighted by molar-refractivity contribution is 6.03.